The summed E-state index contributed by atoms with van der Waals surface area (Å²) in [5.74, 6) is 0.283. The van der Waals surface area contributed by atoms with E-state index >= 15 is 0 Å². The van der Waals surface area contributed by atoms with E-state index in [1.165, 1.54) is 40.3 Å². The third-order valence-electron chi connectivity index (χ3n) is 6.04. The van der Waals surface area contributed by atoms with Gasteiger partial charge < -0.3 is 4.90 Å². The Hall–Kier alpha value is -3.46. The predicted octanol–water partition coefficient (Wildman–Crippen LogP) is 3.35. The molecule has 0 saturated carbocycles. The lowest BCUT2D eigenvalue weighted by molar-refractivity contribution is -0.119. The summed E-state index contributed by atoms with van der Waals surface area (Å²) in [6.45, 7) is 0.668. The van der Waals surface area contributed by atoms with E-state index in [1.54, 1.807) is 16.7 Å². The van der Waals surface area contributed by atoms with Crippen LogP contribution in [0.2, 0.25) is 0 Å². The summed E-state index contributed by atoms with van der Waals surface area (Å²) < 4.78 is 16.5. The zero-order valence-corrected chi connectivity index (χ0v) is 17.8. The Kier molecular flexibility index (Phi) is 4.39. The molecule has 160 valence electrons. The number of thioether (sulfide) groups is 1. The maximum atomic E-state index is 13.3. The van der Waals surface area contributed by atoms with Crippen LogP contribution in [0.25, 0.3) is 16.7 Å². The minimum atomic E-state index is -0.345. The molecule has 2 aromatic carbocycles. The number of fused-ring (bicyclic) bond motifs is 3. The van der Waals surface area contributed by atoms with Gasteiger partial charge in [-0.05, 0) is 42.3 Å². The van der Waals surface area contributed by atoms with Crippen molar-refractivity contribution in [2.24, 2.45) is 0 Å². The Bertz CT molecular complexity index is 1430. The van der Waals surface area contributed by atoms with Gasteiger partial charge in [-0.15, -0.1) is 0 Å². The molecule has 0 radical (unpaired) electrons. The standard InChI is InChI=1S/C23H18FN5O2S/c24-15-5-7-16(8-6-15)29-21-18(12-25-29)22(31)28-17(13-32-23(28)26-21)11-20(30)27-10-9-14-3-1-2-4-19(14)27/h1-8,12,17H,9-11,13H2/t17-/m1/s1. The van der Waals surface area contributed by atoms with Crippen molar-refractivity contribution in [1.29, 1.82) is 0 Å². The number of nitrogens with zero attached hydrogens (tertiary/aromatic N) is 5. The van der Waals surface area contributed by atoms with Gasteiger partial charge >= 0.3 is 0 Å². The number of amides is 1. The third-order valence-corrected chi connectivity index (χ3v) is 7.14. The fourth-order valence-corrected chi connectivity index (χ4v) is 5.59. The van der Waals surface area contributed by atoms with Gasteiger partial charge in [-0.1, -0.05) is 30.0 Å². The highest BCUT2D eigenvalue weighted by Crippen LogP contribution is 2.35. The van der Waals surface area contributed by atoms with Crippen LogP contribution in [0.15, 0.2) is 64.7 Å². The lowest BCUT2D eigenvalue weighted by atomic mass is 10.1. The summed E-state index contributed by atoms with van der Waals surface area (Å²) >= 11 is 1.46. The average Bonchev–Trinajstić information content (AvgIpc) is 3.52. The van der Waals surface area contributed by atoms with Gasteiger partial charge in [0.1, 0.15) is 11.2 Å². The molecule has 32 heavy (non-hydrogen) atoms. The molecule has 4 aromatic rings. The lowest BCUT2D eigenvalue weighted by Gasteiger charge is -2.20. The molecule has 6 rings (SSSR count). The van der Waals surface area contributed by atoms with Crippen molar-refractivity contribution >= 4 is 34.4 Å². The van der Waals surface area contributed by atoms with E-state index in [0.29, 0.717) is 34.2 Å². The van der Waals surface area contributed by atoms with Crippen molar-refractivity contribution in [2.45, 2.75) is 24.0 Å². The SMILES string of the molecule is O=C(C[C@@H]1CSc2nc3c(cnn3-c3ccc(F)cc3)c(=O)n21)N1CCc2ccccc21. The quantitative estimate of drug-likeness (QED) is 0.451. The van der Waals surface area contributed by atoms with E-state index in [2.05, 4.69) is 10.1 Å². The fraction of sp³-hybridized carbons (Fsp3) is 0.217. The third kappa shape index (κ3) is 2.96. The number of hydrogen-bond donors (Lipinski definition) is 0. The highest BCUT2D eigenvalue weighted by molar-refractivity contribution is 7.99. The fourth-order valence-electron chi connectivity index (χ4n) is 4.46. The van der Waals surface area contributed by atoms with E-state index in [0.717, 1.165) is 12.1 Å². The van der Waals surface area contributed by atoms with Crippen LogP contribution in [0.5, 0.6) is 0 Å². The highest BCUT2D eigenvalue weighted by atomic mass is 32.2. The molecule has 1 atom stereocenters. The number of carbonyl (C=O) groups is 1. The molecule has 0 N–H and O–H groups in total. The average molecular weight is 447 g/mol. The van der Waals surface area contributed by atoms with Gasteiger partial charge in [0.25, 0.3) is 5.56 Å². The molecule has 0 aliphatic carbocycles. The molecule has 4 heterocycles. The van der Waals surface area contributed by atoms with Crippen LogP contribution in [0.3, 0.4) is 0 Å². The van der Waals surface area contributed by atoms with Gasteiger partial charge in [0.2, 0.25) is 5.91 Å². The first-order valence-electron chi connectivity index (χ1n) is 10.4. The van der Waals surface area contributed by atoms with E-state index in [9.17, 15) is 14.0 Å². The Morgan fingerprint density at radius 2 is 1.97 bits per heavy atom. The summed E-state index contributed by atoms with van der Waals surface area (Å²) in [6.07, 6.45) is 2.58. The second kappa shape index (κ2) is 7.30. The Balaban J connectivity index is 1.33. The molecule has 1 amide bonds. The first-order valence-corrected chi connectivity index (χ1v) is 11.4. The Labute approximate surface area is 186 Å². The first-order chi connectivity index (χ1) is 15.6. The molecule has 2 aliphatic rings. The summed E-state index contributed by atoms with van der Waals surface area (Å²) in [7, 11) is 0. The normalized spacial score (nSPS) is 17.0. The maximum Gasteiger partial charge on any atom is 0.265 e. The number of rotatable bonds is 3. The molecule has 0 bridgehead atoms. The summed E-state index contributed by atoms with van der Waals surface area (Å²) in [6, 6.07) is 13.6. The number of aromatic nitrogens is 4. The molecule has 2 aromatic heterocycles. The second-order valence-corrected chi connectivity index (χ2v) is 8.92. The topological polar surface area (TPSA) is 73.0 Å². The van der Waals surface area contributed by atoms with E-state index in [4.69, 9.17) is 0 Å². The van der Waals surface area contributed by atoms with Gasteiger partial charge in [-0.25, -0.2) is 14.1 Å². The van der Waals surface area contributed by atoms with Crippen molar-refractivity contribution in [2.75, 3.05) is 17.2 Å². The lowest BCUT2D eigenvalue weighted by Crippen LogP contribution is -2.33. The zero-order chi connectivity index (χ0) is 21.8. The summed E-state index contributed by atoms with van der Waals surface area (Å²) in [5.41, 5.74) is 2.99. The molecule has 7 nitrogen and oxygen atoms in total. The van der Waals surface area contributed by atoms with Crippen molar-refractivity contribution in [1.82, 2.24) is 19.3 Å². The van der Waals surface area contributed by atoms with Crippen LogP contribution in [0.1, 0.15) is 18.0 Å². The molecule has 0 unspecified atom stereocenters. The highest BCUT2D eigenvalue weighted by Gasteiger charge is 2.32. The van der Waals surface area contributed by atoms with E-state index < -0.39 is 0 Å². The van der Waals surface area contributed by atoms with Crippen molar-refractivity contribution in [3.63, 3.8) is 0 Å². The second-order valence-electron chi connectivity index (χ2n) is 7.93. The molecule has 2 aliphatic heterocycles. The van der Waals surface area contributed by atoms with Gasteiger partial charge in [-0.2, -0.15) is 5.10 Å². The van der Waals surface area contributed by atoms with Crippen LogP contribution >= 0.6 is 11.8 Å². The number of para-hydroxylation sites is 1. The molecular weight excluding hydrogens is 429 g/mol. The van der Waals surface area contributed by atoms with Crippen molar-refractivity contribution < 1.29 is 9.18 Å². The Morgan fingerprint density at radius 3 is 2.81 bits per heavy atom. The van der Waals surface area contributed by atoms with Crippen LogP contribution in [0.4, 0.5) is 10.1 Å². The number of benzene rings is 2. The summed E-state index contributed by atoms with van der Waals surface area (Å²) in [4.78, 5) is 32.9. The minimum absolute atomic E-state index is 0.0161. The number of halogens is 1. The van der Waals surface area contributed by atoms with Gasteiger partial charge in [0.05, 0.1) is 17.9 Å². The Morgan fingerprint density at radius 1 is 1.16 bits per heavy atom. The van der Waals surface area contributed by atoms with Gasteiger partial charge in [0.15, 0.2) is 10.8 Å². The number of hydrogen-bond acceptors (Lipinski definition) is 5. The minimum Gasteiger partial charge on any atom is -0.312 e. The maximum absolute atomic E-state index is 13.3. The van der Waals surface area contributed by atoms with Gasteiger partial charge in [-0.3, -0.25) is 14.2 Å². The molecule has 9 heteroatoms. The van der Waals surface area contributed by atoms with Crippen LogP contribution in [0, 0.1) is 5.82 Å². The molecular formula is C23H18FN5O2S. The van der Waals surface area contributed by atoms with Crippen LogP contribution < -0.4 is 10.5 Å². The van der Waals surface area contributed by atoms with Crippen molar-refractivity contribution in [3.8, 4) is 5.69 Å². The van der Waals surface area contributed by atoms with Crippen LogP contribution in [-0.4, -0.2) is 37.5 Å². The van der Waals surface area contributed by atoms with E-state index in [-0.39, 0.29) is 29.7 Å². The smallest absolute Gasteiger partial charge is 0.265 e. The largest absolute Gasteiger partial charge is 0.312 e. The summed E-state index contributed by atoms with van der Waals surface area (Å²) in [5, 5.41) is 5.26. The number of carbonyl (C=O) groups excluding carboxylic acids is 1. The zero-order valence-electron chi connectivity index (χ0n) is 16.9. The molecule has 0 spiro atoms. The van der Waals surface area contributed by atoms with Crippen molar-refractivity contribution in [3.05, 3.63) is 76.5 Å². The van der Waals surface area contributed by atoms with Gasteiger partial charge in [0, 0.05) is 24.4 Å². The molecule has 0 saturated heterocycles. The molecule has 0 fully saturated rings. The monoisotopic (exact) mass is 447 g/mol. The predicted molar refractivity (Wildman–Crippen MR) is 120 cm³/mol. The number of anilines is 1. The van der Waals surface area contributed by atoms with E-state index in [1.807, 2.05) is 29.2 Å². The van der Waals surface area contributed by atoms with Crippen LogP contribution in [-0.2, 0) is 11.2 Å². The first kappa shape index (κ1) is 19.2.